The predicted octanol–water partition coefficient (Wildman–Crippen LogP) is 4.72. The van der Waals surface area contributed by atoms with Crippen LogP contribution in [-0.2, 0) is 9.59 Å². The van der Waals surface area contributed by atoms with E-state index in [1.54, 1.807) is 0 Å². The molecule has 0 bridgehead atoms. The normalized spacial score (nSPS) is 13.9. The number of benzene rings is 2. The van der Waals surface area contributed by atoms with Gasteiger partial charge in [0.1, 0.15) is 17.2 Å². The van der Waals surface area contributed by atoms with Crippen molar-refractivity contribution in [3.05, 3.63) is 59.8 Å². The van der Waals surface area contributed by atoms with Gasteiger partial charge in [-0.3, -0.25) is 14.5 Å². The van der Waals surface area contributed by atoms with E-state index >= 15 is 0 Å². The van der Waals surface area contributed by atoms with Gasteiger partial charge in [0.15, 0.2) is 0 Å². The van der Waals surface area contributed by atoms with Crippen LogP contribution in [0.1, 0.15) is 39.7 Å². The molecule has 0 aliphatic carbocycles. The zero-order valence-corrected chi connectivity index (χ0v) is 18.6. The first kappa shape index (κ1) is 22.4. The van der Waals surface area contributed by atoms with Crippen LogP contribution >= 0.6 is 0 Å². The molecule has 1 heterocycles. The Balaban J connectivity index is 1.98. The van der Waals surface area contributed by atoms with Crippen molar-refractivity contribution in [1.82, 2.24) is 4.90 Å². The summed E-state index contributed by atoms with van der Waals surface area (Å²) in [6.45, 7) is 9.50. The molecule has 0 atom stereocenters. The summed E-state index contributed by atoms with van der Waals surface area (Å²) in [5, 5.41) is 3.18. The maximum Gasteiger partial charge on any atom is 0.278 e. The quantitative estimate of drug-likeness (QED) is 0.561. The average molecular weight is 423 g/mol. The number of carbonyl (C=O) groups excluding carboxylic acids is 2. The first-order chi connectivity index (χ1) is 15.0. The van der Waals surface area contributed by atoms with Gasteiger partial charge >= 0.3 is 0 Å². The Bertz CT molecular complexity index is 964. The summed E-state index contributed by atoms with van der Waals surface area (Å²) in [6.07, 6.45) is 0.690. The lowest BCUT2D eigenvalue weighted by Gasteiger charge is -2.15. The van der Waals surface area contributed by atoms with E-state index in [9.17, 15) is 9.59 Å². The molecule has 0 saturated heterocycles. The Morgan fingerprint density at radius 1 is 0.935 bits per heavy atom. The Hall–Kier alpha value is -3.28. The molecule has 6 heteroatoms. The van der Waals surface area contributed by atoms with Gasteiger partial charge in [0, 0.05) is 6.54 Å². The Labute approximate surface area is 183 Å². The fraction of sp³-hybridized carbons (Fsp3) is 0.360. The third kappa shape index (κ3) is 5.08. The fourth-order valence-electron chi connectivity index (χ4n) is 3.35. The molecule has 31 heavy (non-hydrogen) atoms. The van der Waals surface area contributed by atoms with E-state index in [-0.39, 0.29) is 17.5 Å². The molecule has 0 spiro atoms. The minimum atomic E-state index is -0.326. The predicted molar refractivity (Wildman–Crippen MR) is 122 cm³/mol. The molecule has 0 radical (unpaired) electrons. The van der Waals surface area contributed by atoms with Crippen molar-refractivity contribution in [2.24, 2.45) is 5.92 Å². The Morgan fingerprint density at radius 2 is 1.65 bits per heavy atom. The van der Waals surface area contributed by atoms with Crippen LogP contribution in [0.25, 0.3) is 5.57 Å². The summed E-state index contributed by atoms with van der Waals surface area (Å²) >= 11 is 0. The maximum atomic E-state index is 13.2. The van der Waals surface area contributed by atoms with Crippen molar-refractivity contribution in [1.29, 1.82) is 0 Å². The average Bonchev–Trinajstić information content (AvgIpc) is 2.99. The Morgan fingerprint density at radius 3 is 2.29 bits per heavy atom. The van der Waals surface area contributed by atoms with Gasteiger partial charge < -0.3 is 14.8 Å². The van der Waals surface area contributed by atoms with Crippen LogP contribution in [0.5, 0.6) is 11.5 Å². The van der Waals surface area contributed by atoms with Crippen molar-refractivity contribution in [2.45, 2.75) is 34.1 Å². The minimum Gasteiger partial charge on any atom is -0.493 e. The summed E-state index contributed by atoms with van der Waals surface area (Å²) in [7, 11) is 0. The number of amides is 2. The largest absolute Gasteiger partial charge is 0.493 e. The minimum absolute atomic E-state index is 0.265. The van der Waals surface area contributed by atoms with E-state index in [4.69, 9.17) is 9.47 Å². The van der Waals surface area contributed by atoms with E-state index in [1.807, 2.05) is 62.4 Å². The lowest BCUT2D eigenvalue weighted by atomic mass is 10.0. The van der Waals surface area contributed by atoms with Crippen LogP contribution < -0.4 is 14.8 Å². The summed E-state index contributed by atoms with van der Waals surface area (Å²) < 4.78 is 11.4. The molecule has 1 aliphatic rings. The number of nitrogens with one attached hydrogen (secondary N) is 1. The van der Waals surface area contributed by atoms with Gasteiger partial charge in [-0.25, -0.2) is 0 Å². The van der Waals surface area contributed by atoms with Crippen molar-refractivity contribution >= 4 is 23.1 Å². The van der Waals surface area contributed by atoms with Gasteiger partial charge in [0.25, 0.3) is 11.8 Å². The summed E-state index contributed by atoms with van der Waals surface area (Å²) in [4.78, 5) is 27.6. The van der Waals surface area contributed by atoms with Crippen LogP contribution in [0.3, 0.4) is 0 Å². The lowest BCUT2D eigenvalue weighted by molar-refractivity contribution is -0.136. The number of hydrogen-bond donors (Lipinski definition) is 1. The van der Waals surface area contributed by atoms with Gasteiger partial charge in [0.2, 0.25) is 0 Å². The first-order valence-electron chi connectivity index (χ1n) is 10.8. The number of para-hydroxylation sites is 2. The summed E-state index contributed by atoms with van der Waals surface area (Å²) in [5.74, 6) is 1.16. The van der Waals surface area contributed by atoms with Gasteiger partial charge in [-0.1, -0.05) is 45.0 Å². The Kier molecular flexibility index (Phi) is 7.34. The van der Waals surface area contributed by atoms with Gasteiger partial charge in [0.05, 0.1) is 24.5 Å². The number of ether oxygens (including phenoxy) is 2. The molecule has 164 valence electrons. The monoisotopic (exact) mass is 422 g/mol. The zero-order valence-electron chi connectivity index (χ0n) is 18.6. The highest BCUT2D eigenvalue weighted by Gasteiger charge is 2.38. The van der Waals surface area contributed by atoms with E-state index in [0.29, 0.717) is 54.7 Å². The van der Waals surface area contributed by atoms with Gasteiger partial charge in [-0.2, -0.15) is 0 Å². The smallest absolute Gasteiger partial charge is 0.278 e. The maximum absolute atomic E-state index is 13.2. The van der Waals surface area contributed by atoms with Gasteiger partial charge in [-0.05, 0) is 49.1 Å². The van der Waals surface area contributed by atoms with E-state index in [2.05, 4.69) is 19.2 Å². The molecule has 0 fully saturated rings. The number of anilines is 1. The second-order valence-electron chi connectivity index (χ2n) is 7.80. The first-order valence-corrected chi connectivity index (χ1v) is 10.8. The number of hydrogen-bond acceptors (Lipinski definition) is 5. The van der Waals surface area contributed by atoms with E-state index < -0.39 is 0 Å². The number of nitrogens with zero attached hydrogens (tertiary/aromatic N) is 1. The van der Waals surface area contributed by atoms with E-state index in [1.165, 1.54) is 4.90 Å². The molecule has 6 nitrogen and oxygen atoms in total. The third-order valence-corrected chi connectivity index (χ3v) is 4.79. The van der Waals surface area contributed by atoms with E-state index in [0.717, 1.165) is 5.75 Å². The molecule has 0 aromatic heterocycles. The standard InChI is InChI=1S/C25H30N2O4/c1-5-15-27-24(28)22(18-11-13-19(14-12-18)31-16-17(3)4)23(25(27)29)26-20-9-7-8-10-21(20)30-6-2/h7-14,17,26H,5-6,15-16H2,1-4H3. The number of rotatable bonds is 10. The van der Waals surface area contributed by atoms with Crippen LogP contribution in [0.4, 0.5) is 5.69 Å². The van der Waals surface area contributed by atoms with Crippen LogP contribution in [-0.4, -0.2) is 36.5 Å². The summed E-state index contributed by atoms with van der Waals surface area (Å²) in [6, 6.07) is 14.7. The molecule has 0 unspecified atom stereocenters. The second kappa shape index (κ2) is 10.2. The number of carbonyl (C=O) groups is 2. The molecule has 3 rings (SSSR count). The van der Waals surface area contributed by atoms with Crippen molar-refractivity contribution in [3.63, 3.8) is 0 Å². The van der Waals surface area contributed by atoms with Crippen LogP contribution in [0.15, 0.2) is 54.2 Å². The number of imide groups is 1. The molecule has 2 aromatic carbocycles. The highest BCUT2D eigenvalue weighted by atomic mass is 16.5. The fourth-order valence-corrected chi connectivity index (χ4v) is 3.35. The lowest BCUT2D eigenvalue weighted by Crippen LogP contribution is -2.33. The molecule has 1 aliphatic heterocycles. The zero-order chi connectivity index (χ0) is 22.4. The van der Waals surface area contributed by atoms with Gasteiger partial charge in [-0.15, -0.1) is 0 Å². The molecule has 2 aromatic rings. The molecular weight excluding hydrogens is 392 g/mol. The summed E-state index contributed by atoms with van der Waals surface area (Å²) in [5.41, 5.74) is 1.94. The van der Waals surface area contributed by atoms with Crippen molar-refractivity contribution in [3.8, 4) is 11.5 Å². The topological polar surface area (TPSA) is 67.9 Å². The van der Waals surface area contributed by atoms with Crippen molar-refractivity contribution in [2.75, 3.05) is 25.1 Å². The van der Waals surface area contributed by atoms with Crippen LogP contribution in [0, 0.1) is 5.92 Å². The molecule has 0 saturated carbocycles. The highest BCUT2D eigenvalue weighted by Crippen LogP contribution is 2.34. The highest BCUT2D eigenvalue weighted by molar-refractivity contribution is 6.36. The van der Waals surface area contributed by atoms with Crippen molar-refractivity contribution < 1.29 is 19.1 Å². The third-order valence-electron chi connectivity index (χ3n) is 4.79. The molecule has 2 amide bonds. The second-order valence-corrected chi connectivity index (χ2v) is 7.80. The SMILES string of the molecule is CCCN1C(=O)C(Nc2ccccc2OCC)=C(c2ccc(OCC(C)C)cc2)C1=O. The molecule has 1 N–H and O–H groups in total. The molecular formula is C25H30N2O4. The van der Waals surface area contributed by atoms with Crippen LogP contribution in [0.2, 0.25) is 0 Å².